The maximum absolute atomic E-state index is 11.9. The van der Waals surface area contributed by atoms with Crippen molar-refractivity contribution in [3.05, 3.63) is 65.2 Å². The summed E-state index contributed by atoms with van der Waals surface area (Å²) in [6.45, 7) is 4.86. The summed E-state index contributed by atoms with van der Waals surface area (Å²) in [7, 11) is -1.99. The van der Waals surface area contributed by atoms with Crippen molar-refractivity contribution in [3.8, 4) is 0 Å². The van der Waals surface area contributed by atoms with E-state index in [9.17, 15) is 8.42 Å². The van der Waals surface area contributed by atoms with Crippen molar-refractivity contribution < 1.29 is 8.42 Å². The van der Waals surface area contributed by atoms with Crippen LogP contribution in [0.25, 0.3) is 0 Å². The smallest absolute Gasteiger partial charge is 0.240 e. The highest BCUT2D eigenvalue weighted by atomic mass is 32.2. The van der Waals surface area contributed by atoms with E-state index in [0.29, 0.717) is 0 Å². The maximum Gasteiger partial charge on any atom is 0.240 e. The zero-order valence-corrected chi connectivity index (χ0v) is 13.9. The summed E-state index contributed by atoms with van der Waals surface area (Å²) in [6, 6.07) is 15.3. The third-order valence-electron chi connectivity index (χ3n) is 3.80. The number of sulfonamides is 1. The van der Waals surface area contributed by atoms with Gasteiger partial charge >= 0.3 is 0 Å². The molecule has 2 rings (SSSR count). The Morgan fingerprint density at radius 3 is 2.50 bits per heavy atom. The minimum atomic E-state index is -3.41. The van der Waals surface area contributed by atoms with Gasteiger partial charge in [0.1, 0.15) is 0 Å². The van der Waals surface area contributed by atoms with Crippen LogP contribution >= 0.6 is 0 Å². The van der Waals surface area contributed by atoms with Crippen molar-refractivity contribution in [2.24, 2.45) is 0 Å². The van der Waals surface area contributed by atoms with Gasteiger partial charge in [0.15, 0.2) is 0 Å². The quantitative estimate of drug-likeness (QED) is 0.861. The van der Waals surface area contributed by atoms with Gasteiger partial charge in [-0.15, -0.1) is 0 Å². The van der Waals surface area contributed by atoms with E-state index in [0.717, 1.165) is 12.1 Å². The summed E-state index contributed by atoms with van der Waals surface area (Å²) in [6.07, 6.45) is 0. The number of rotatable bonds is 6. The van der Waals surface area contributed by atoms with Gasteiger partial charge in [0.25, 0.3) is 0 Å². The molecule has 22 heavy (non-hydrogen) atoms. The van der Waals surface area contributed by atoms with Gasteiger partial charge in [-0.05, 0) is 49.7 Å². The summed E-state index contributed by atoms with van der Waals surface area (Å²) in [4.78, 5) is 0.289. The molecule has 0 fully saturated rings. The lowest BCUT2D eigenvalue weighted by Gasteiger charge is -2.16. The Kier molecular flexibility index (Phi) is 5.34. The number of nitrogens with one attached hydrogen (secondary N) is 2. The van der Waals surface area contributed by atoms with E-state index in [1.807, 2.05) is 25.1 Å². The van der Waals surface area contributed by atoms with Crippen molar-refractivity contribution in [3.63, 3.8) is 0 Å². The summed E-state index contributed by atoms with van der Waals surface area (Å²) in [5, 5.41) is 3.44. The molecule has 0 aromatic heterocycles. The van der Waals surface area contributed by atoms with Crippen LogP contribution in [0.4, 0.5) is 0 Å². The summed E-state index contributed by atoms with van der Waals surface area (Å²) in [5.41, 5.74) is 3.44. The lowest BCUT2D eigenvalue weighted by molar-refractivity contribution is 0.570. The van der Waals surface area contributed by atoms with Gasteiger partial charge in [-0.2, -0.15) is 0 Å². The normalized spacial score (nSPS) is 13.0. The van der Waals surface area contributed by atoms with Gasteiger partial charge in [-0.1, -0.05) is 36.4 Å². The molecule has 0 saturated heterocycles. The Bertz CT molecular complexity index is 742. The summed E-state index contributed by atoms with van der Waals surface area (Å²) in [5.74, 6) is 0. The van der Waals surface area contributed by atoms with E-state index < -0.39 is 10.0 Å². The molecule has 4 nitrogen and oxygen atoms in total. The second kappa shape index (κ2) is 7.05. The molecule has 0 aliphatic heterocycles. The molecular weight excluding hydrogens is 296 g/mol. The second-order valence-corrected chi connectivity index (χ2v) is 7.20. The Morgan fingerprint density at radius 2 is 1.82 bits per heavy atom. The van der Waals surface area contributed by atoms with Gasteiger partial charge in [0, 0.05) is 12.6 Å². The first-order valence-corrected chi connectivity index (χ1v) is 8.74. The number of benzene rings is 2. The summed E-state index contributed by atoms with van der Waals surface area (Å²) < 4.78 is 26.1. The lowest BCUT2D eigenvalue weighted by atomic mass is 10.1. The van der Waals surface area contributed by atoms with Crippen LogP contribution < -0.4 is 10.0 Å². The molecule has 2 aromatic rings. The van der Waals surface area contributed by atoms with Crippen molar-refractivity contribution in [1.29, 1.82) is 0 Å². The molecule has 0 saturated carbocycles. The van der Waals surface area contributed by atoms with Crippen LogP contribution in [0.1, 0.15) is 29.7 Å². The van der Waals surface area contributed by atoms with E-state index in [2.05, 4.69) is 29.1 Å². The molecule has 1 atom stereocenters. The molecule has 2 aromatic carbocycles. The Hall–Kier alpha value is -1.69. The first-order chi connectivity index (χ1) is 10.4. The molecule has 0 unspecified atom stereocenters. The van der Waals surface area contributed by atoms with Crippen molar-refractivity contribution >= 4 is 10.0 Å². The van der Waals surface area contributed by atoms with Crippen molar-refractivity contribution in [1.82, 2.24) is 10.0 Å². The van der Waals surface area contributed by atoms with E-state index in [4.69, 9.17) is 0 Å². The molecule has 0 aliphatic carbocycles. The Labute approximate surface area is 132 Å². The standard InChI is InChI=1S/C17H22N2O2S/c1-13-7-4-5-8-16(13)12-19-14(2)15-9-6-10-17(11-15)22(20,21)18-3/h4-11,14,18-19H,12H2,1-3H3/t14-/m1/s1. The zero-order valence-electron chi connectivity index (χ0n) is 13.1. The average Bonchev–Trinajstić information content (AvgIpc) is 2.54. The van der Waals surface area contributed by atoms with Crippen LogP contribution in [0.15, 0.2) is 53.4 Å². The molecular formula is C17H22N2O2S. The van der Waals surface area contributed by atoms with Gasteiger partial charge in [0.2, 0.25) is 10.0 Å². The van der Waals surface area contributed by atoms with E-state index >= 15 is 0 Å². The monoisotopic (exact) mass is 318 g/mol. The van der Waals surface area contributed by atoms with Gasteiger partial charge < -0.3 is 5.32 Å². The molecule has 5 heteroatoms. The molecule has 0 spiro atoms. The van der Waals surface area contributed by atoms with E-state index in [1.165, 1.54) is 18.2 Å². The number of hydrogen-bond donors (Lipinski definition) is 2. The third kappa shape index (κ3) is 3.94. The fraction of sp³-hybridized carbons (Fsp3) is 0.294. The molecule has 0 amide bonds. The topological polar surface area (TPSA) is 58.2 Å². The first-order valence-electron chi connectivity index (χ1n) is 7.25. The third-order valence-corrected chi connectivity index (χ3v) is 5.21. The fourth-order valence-electron chi connectivity index (χ4n) is 2.26. The maximum atomic E-state index is 11.9. The van der Waals surface area contributed by atoms with Crippen molar-refractivity contribution in [2.75, 3.05) is 7.05 Å². The highest BCUT2D eigenvalue weighted by molar-refractivity contribution is 7.89. The van der Waals surface area contributed by atoms with Crippen LogP contribution in [0.5, 0.6) is 0 Å². The number of aryl methyl sites for hydroxylation is 1. The summed E-state index contributed by atoms with van der Waals surface area (Å²) >= 11 is 0. The Balaban J connectivity index is 2.12. The predicted molar refractivity (Wildman–Crippen MR) is 89.1 cm³/mol. The average molecular weight is 318 g/mol. The second-order valence-electron chi connectivity index (χ2n) is 5.31. The van der Waals surface area contributed by atoms with Crippen molar-refractivity contribution in [2.45, 2.75) is 31.3 Å². The Morgan fingerprint density at radius 1 is 1.09 bits per heavy atom. The SMILES string of the molecule is CNS(=O)(=O)c1cccc([C@@H](C)NCc2ccccc2C)c1. The highest BCUT2D eigenvalue weighted by Crippen LogP contribution is 2.18. The molecule has 118 valence electrons. The van der Waals surface area contributed by atoms with Crippen LogP contribution in [0.2, 0.25) is 0 Å². The minimum absolute atomic E-state index is 0.0617. The van der Waals surface area contributed by atoms with Gasteiger partial charge in [-0.3, -0.25) is 0 Å². The zero-order chi connectivity index (χ0) is 16.2. The molecule has 0 heterocycles. The highest BCUT2D eigenvalue weighted by Gasteiger charge is 2.13. The van der Waals surface area contributed by atoms with Gasteiger partial charge in [0.05, 0.1) is 4.90 Å². The van der Waals surface area contributed by atoms with Crippen LogP contribution in [0.3, 0.4) is 0 Å². The molecule has 0 bridgehead atoms. The molecule has 2 N–H and O–H groups in total. The number of hydrogen-bond acceptors (Lipinski definition) is 3. The lowest BCUT2D eigenvalue weighted by Crippen LogP contribution is -2.21. The van der Waals surface area contributed by atoms with Crippen LogP contribution in [-0.2, 0) is 16.6 Å². The molecule has 0 radical (unpaired) electrons. The van der Waals surface area contributed by atoms with E-state index in [-0.39, 0.29) is 10.9 Å². The predicted octanol–water partition coefficient (Wildman–Crippen LogP) is 2.75. The van der Waals surface area contributed by atoms with E-state index in [1.54, 1.807) is 18.2 Å². The van der Waals surface area contributed by atoms with Crippen LogP contribution in [0, 0.1) is 6.92 Å². The molecule has 0 aliphatic rings. The van der Waals surface area contributed by atoms with Gasteiger partial charge in [-0.25, -0.2) is 13.1 Å². The fourth-order valence-corrected chi connectivity index (χ4v) is 3.04. The largest absolute Gasteiger partial charge is 0.306 e. The first kappa shape index (κ1) is 16.7. The minimum Gasteiger partial charge on any atom is -0.306 e. The van der Waals surface area contributed by atoms with Crippen LogP contribution in [-0.4, -0.2) is 15.5 Å².